The van der Waals surface area contributed by atoms with Gasteiger partial charge < -0.3 is 0 Å². The van der Waals surface area contributed by atoms with Crippen molar-refractivity contribution in [3.05, 3.63) is 194 Å². The summed E-state index contributed by atoms with van der Waals surface area (Å²) in [6, 6.07) is 68.6. The lowest BCUT2D eigenvalue weighted by molar-refractivity contribution is 1.08. The molecule has 0 atom stereocenters. The number of benzene rings is 9. The minimum absolute atomic E-state index is 0.609. The lowest BCUT2D eigenvalue weighted by atomic mass is 9.97. The van der Waals surface area contributed by atoms with Crippen LogP contribution in [0.15, 0.2) is 194 Å². The molecule has 274 valence electrons. The van der Waals surface area contributed by atoms with Crippen molar-refractivity contribution in [1.82, 2.24) is 19.9 Å². The van der Waals surface area contributed by atoms with Gasteiger partial charge >= 0.3 is 0 Å². The molecule has 0 bridgehead atoms. The van der Waals surface area contributed by atoms with Gasteiger partial charge in [0.25, 0.3) is 0 Å². The number of hydrogen-bond acceptors (Lipinski definition) is 5. The molecular formula is C54H32N4S. The third kappa shape index (κ3) is 5.66. The molecule has 0 spiro atoms. The Hall–Kier alpha value is -7.60. The van der Waals surface area contributed by atoms with Gasteiger partial charge in [0.2, 0.25) is 0 Å². The first-order chi connectivity index (χ1) is 29.2. The summed E-state index contributed by atoms with van der Waals surface area (Å²) in [6.45, 7) is 0. The minimum Gasteiger partial charge on any atom is -0.247 e. The Morgan fingerprint density at radius 3 is 1.78 bits per heavy atom. The van der Waals surface area contributed by atoms with E-state index >= 15 is 0 Å². The highest BCUT2D eigenvalue weighted by molar-refractivity contribution is 7.26. The monoisotopic (exact) mass is 768 g/mol. The quantitative estimate of drug-likeness (QED) is 0.164. The van der Waals surface area contributed by atoms with Crippen LogP contribution in [0.5, 0.6) is 0 Å². The van der Waals surface area contributed by atoms with Crippen LogP contribution < -0.4 is 0 Å². The minimum atomic E-state index is 0.609. The molecule has 0 N–H and O–H groups in total. The third-order valence-corrected chi connectivity index (χ3v) is 12.7. The average Bonchev–Trinajstić information content (AvgIpc) is 3.71. The molecule has 9 aromatic carbocycles. The van der Waals surface area contributed by atoms with Crippen LogP contribution >= 0.6 is 11.3 Å². The van der Waals surface area contributed by atoms with Crippen LogP contribution in [0.4, 0.5) is 0 Å². The first kappa shape index (κ1) is 33.5. The van der Waals surface area contributed by atoms with Crippen molar-refractivity contribution < 1.29 is 0 Å². The average molecular weight is 769 g/mol. The second-order valence-electron chi connectivity index (χ2n) is 15.0. The number of nitrogens with zero attached hydrogens (tertiary/aromatic N) is 4. The molecule has 0 amide bonds. The van der Waals surface area contributed by atoms with Gasteiger partial charge in [0.1, 0.15) is 0 Å². The highest BCUT2D eigenvalue weighted by Gasteiger charge is 2.19. The van der Waals surface area contributed by atoms with Crippen LogP contribution in [0.3, 0.4) is 0 Å². The Labute approximate surface area is 343 Å². The van der Waals surface area contributed by atoms with Crippen LogP contribution in [0.25, 0.3) is 120 Å². The van der Waals surface area contributed by atoms with Crippen molar-refractivity contribution in [3.8, 4) is 56.5 Å². The van der Waals surface area contributed by atoms with E-state index in [1.54, 1.807) is 0 Å². The molecule has 0 saturated heterocycles. The molecule has 5 heteroatoms. The molecule has 12 aromatic rings. The summed E-state index contributed by atoms with van der Waals surface area (Å²) >= 11 is 1.83. The van der Waals surface area contributed by atoms with Crippen LogP contribution in [-0.2, 0) is 0 Å². The second-order valence-corrected chi connectivity index (χ2v) is 16.0. The molecule has 59 heavy (non-hydrogen) atoms. The topological polar surface area (TPSA) is 51.6 Å². The number of para-hydroxylation sites is 1. The van der Waals surface area contributed by atoms with Crippen molar-refractivity contribution in [2.75, 3.05) is 0 Å². The zero-order valence-corrected chi connectivity index (χ0v) is 32.5. The van der Waals surface area contributed by atoms with Gasteiger partial charge in [-0.2, -0.15) is 0 Å². The van der Waals surface area contributed by atoms with E-state index in [1.807, 2.05) is 11.3 Å². The molecule has 3 aromatic heterocycles. The van der Waals surface area contributed by atoms with E-state index in [9.17, 15) is 0 Å². The normalized spacial score (nSPS) is 11.7. The zero-order valence-electron chi connectivity index (χ0n) is 31.7. The van der Waals surface area contributed by atoms with Gasteiger partial charge in [-0.3, -0.25) is 0 Å². The fraction of sp³-hybridized carbons (Fsp3) is 0. The van der Waals surface area contributed by atoms with Crippen LogP contribution in [0.1, 0.15) is 0 Å². The van der Waals surface area contributed by atoms with Gasteiger partial charge in [-0.1, -0.05) is 170 Å². The van der Waals surface area contributed by atoms with Crippen molar-refractivity contribution >= 4 is 74.7 Å². The first-order valence-electron chi connectivity index (χ1n) is 19.8. The van der Waals surface area contributed by atoms with Gasteiger partial charge in [0, 0.05) is 47.8 Å². The predicted octanol–water partition coefficient (Wildman–Crippen LogP) is 14.6. The molecule has 0 saturated carbocycles. The Morgan fingerprint density at radius 2 is 0.915 bits per heavy atom. The lowest BCUT2D eigenvalue weighted by Crippen LogP contribution is -2.01. The lowest BCUT2D eigenvalue weighted by Gasteiger charge is -2.12. The molecule has 0 aliphatic rings. The maximum absolute atomic E-state index is 5.31. The smallest absolute Gasteiger partial charge is 0.164 e. The molecule has 12 rings (SSSR count). The number of thiophene rings is 1. The van der Waals surface area contributed by atoms with E-state index in [0.717, 1.165) is 49.8 Å². The molecule has 0 aliphatic carbocycles. The molecular weight excluding hydrogens is 737 g/mol. The standard InChI is InChI=1S/C54H32N4S/c1-4-17-42-34(11-1)13-10-20-44(42)54-57-52(36-26-23-33(24-27-36)37-29-30-43-38(31-37)28-25-35-12-2-3-16-41(35)43)56-53(58-54)40-15-9-14-39(32-40)50-49-46-19-6-8-22-48(46)59-51(49)45-18-5-7-21-47(45)55-50/h1-32H. The van der Waals surface area contributed by atoms with Crippen molar-refractivity contribution in [2.45, 2.75) is 0 Å². The molecule has 0 fully saturated rings. The predicted molar refractivity (Wildman–Crippen MR) is 248 cm³/mol. The number of pyridine rings is 1. The SMILES string of the molecule is c1cc(-c2nc(-c3ccc(-c4ccc5c(ccc6ccccc65)c4)cc3)nc(-c3cccc4ccccc34)n2)cc(-c2nc3ccccc3c3sc4ccccc4c23)c1. The van der Waals surface area contributed by atoms with Crippen LogP contribution in [0, 0.1) is 0 Å². The summed E-state index contributed by atoms with van der Waals surface area (Å²) < 4.78 is 2.50. The maximum atomic E-state index is 5.31. The summed E-state index contributed by atoms with van der Waals surface area (Å²) in [4.78, 5) is 20.9. The molecule has 0 radical (unpaired) electrons. The van der Waals surface area contributed by atoms with Gasteiger partial charge in [-0.25, -0.2) is 19.9 Å². The van der Waals surface area contributed by atoms with Crippen LogP contribution in [-0.4, -0.2) is 19.9 Å². The Kier molecular flexibility index (Phi) is 7.68. The van der Waals surface area contributed by atoms with Crippen LogP contribution in [0.2, 0.25) is 0 Å². The van der Waals surface area contributed by atoms with Gasteiger partial charge in [0.15, 0.2) is 17.5 Å². The Morgan fingerprint density at radius 1 is 0.322 bits per heavy atom. The van der Waals surface area contributed by atoms with Crippen molar-refractivity contribution in [1.29, 1.82) is 0 Å². The van der Waals surface area contributed by atoms with E-state index in [-0.39, 0.29) is 0 Å². The van der Waals surface area contributed by atoms with Gasteiger partial charge in [-0.05, 0) is 67.7 Å². The Balaban J connectivity index is 1.00. The molecule has 3 heterocycles. The summed E-state index contributed by atoms with van der Waals surface area (Å²) in [5.74, 6) is 1.86. The molecule has 0 aliphatic heterocycles. The van der Waals surface area contributed by atoms with E-state index in [0.29, 0.717) is 17.5 Å². The number of hydrogen-bond donors (Lipinski definition) is 0. The third-order valence-electron chi connectivity index (χ3n) is 11.5. The van der Waals surface area contributed by atoms with Crippen molar-refractivity contribution in [3.63, 3.8) is 0 Å². The van der Waals surface area contributed by atoms with E-state index < -0.39 is 0 Å². The van der Waals surface area contributed by atoms with E-state index in [2.05, 4.69) is 194 Å². The summed E-state index contributed by atoms with van der Waals surface area (Å²) in [7, 11) is 0. The van der Waals surface area contributed by atoms with E-state index in [1.165, 1.54) is 52.7 Å². The zero-order chi connectivity index (χ0) is 38.9. The van der Waals surface area contributed by atoms with E-state index in [4.69, 9.17) is 19.9 Å². The van der Waals surface area contributed by atoms with Crippen molar-refractivity contribution in [2.24, 2.45) is 0 Å². The maximum Gasteiger partial charge on any atom is 0.164 e. The molecule has 0 unspecified atom stereocenters. The molecule has 4 nitrogen and oxygen atoms in total. The fourth-order valence-corrected chi connectivity index (χ4v) is 9.84. The number of aromatic nitrogens is 4. The highest BCUT2D eigenvalue weighted by Crippen LogP contribution is 2.43. The fourth-order valence-electron chi connectivity index (χ4n) is 8.60. The number of rotatable bonds is 5. The Bertz CT molecular complexity index is 3620. The summed E-state index contributed by atoms with van der Waals surface area (Å²) in [5, 5.41) is 10.8. The first-order valence-corrected chi connectivity index (χ1v) is 20.6. The summed E-state index contributed by atoms with van der Waals surface area (Å²) in [5.41, 5.74) is 8.04. The number of fused-ring (bicyclic) bond motifs is 9. The van der Waals surface area contributed by atoms with Gasteiger partial charge in [-0.15, -0.1) is 11.3 Å². The highest BCUT2D eigenvalue weighted by atomic mass is 32.1. The summed E-state index contributed by atoms with van der Waals surface area (Å²) in [6.07, 6.45) is 0. The largest absolute Gasteiger partial charge is 0.247 e. The second kappa shape index (κ2) is 13.5. The van der Waals surface area contributed by atoms with Gasteiger partial charge in [0.05, 0.1) is 11.2 Å².